The maximum atomic E-state index is 12.0. The van der Waals surface area contributed by atoms with E-state index in [2.05, 4.69) is 24.0 Å². The summed E-state index contributed by atoms with van der Waals surface area (Å²) in [6, 6.07) is 14.0. The largest absolute Gasteiger partial charge is 0.328 e. The summed E-state index contributed by atoms with van der Waals surface area (Å²) in [5.41, 5.74) is 9.90. The maximum absolute atomic E-state index is 12.0. The number of rotatable bonds is 2. The first-order valence-corrected chi connectivity index (χ1v) is 6.61. The van der Waals surface area contributed by atoms with Crippen LogP contribution in [-0.4, -0.2) is 4.98 Å². The minimum absolute atomic E-state index is 0.0763. The van der Waals surface area contributed by atoms with Crippen molar-refractivity contribution in [2.45, 2.75) is 13.5 Å². The van der Waals surface area contributed by atoms with Gasteiger partial charge < -0.3 is 10.7 Å². The van der Waals surface area contributed by atoms with Gasteiger partial charge >= 0.3 is 0 Å². The lowest BCUT2D eigenvalue weighted by molar-refractivity contribution is 1.07. The number of fused-ring (bicyclic) bond motifs is 1. The van der Waals surface area contributed by atoms with Crippen molar-refractivity contribution in [2.75, 3.05) is 0 Å². The van der Waals surface area contributed by atoms with Crippen LogP contribution in [0.1, 0.15) is 11.1 Å². The molecule has 0 aliphatic carbocycles. The predicted octanol–water partition coefficient (Wildman–Crippen LogP) is 2.96. The fourth-order valence-electron chi connectivity index (χ4n) is 2.53. The molecular weight excluding hydrogens is 248 g/mol. The smallest absolute Gasteiger partial charge is 0.255 e. The molecule has 20 heavy (non-hydrogen) atoms. The third kappa shape index (κ3) is 2.02. The van der Waals surface area contributed by atoms with Gasteiger partial charge in [-0.05, 0) is 35.1 Å². The molecule has 0 saturated heterocycles. The van der Waals surface area contributed by atoms with E-state index in [9.17, 15) is 4.79 Å². The van der Waals surface area contributed by atoms with Crippen LogP contribution in [0, 0.1) is 6.92 Å². The van der Waals surface area contributed by atoms with Crippen molar-refractivity contribution in [3.05, 3.63) is 70.1 Å². The van der Waals surface area contributed by atoms with E-state index in [4.69, 9.17) is 5.73 Å². The molecule has 3 rings (SSSR count). The second-order valence-corrected chi connectivity index (χ2v) is 4.93. The standard InChI is InChI=1S/C17H16N2O/c1-11-4-2-3-5-13(11)16-10-19-17(20)15-8-12(9-18)6-7-14(15)16/h2-8,10H,9,18H2,1H3,(H,19,20). The van der Waals surface area contributed by atoms with Gasteiger partial charge in [0.15, 0.2) is 0 Å². The number of aryl methyl sites for hydroxylation is 1. The van der Waals surface area contributed by atoms with E-state index in [1.165, 1.54) is 5.56 Å². The number of nitrogens with one attached hydrogen (secondary N) is 1. The third-order valence-electron chi connectivity index (χ3n) is 3.64. The molecule has 0 atom stereocenters. The monoisotopic (exact) mass is 264 g/mol. The van der Waals surface area contributed by atoms with Crippen LogP contribution in [0.15, 0.2) is 53.5 Å². The van der Waals surface area contributed by atoms with Crippen LogP contribution in [0.5, 0.6) is 0 Å². The van der Waals surface area contributed by atoms with E-state index in [-0.39, 0.29) is 5.56 Å². The van der Waals surface area contributed by atoms with Gasteiger partial charge in [-0.2, -0.15) is 0 Å². The number of H-pyrrole nitrogens is 1. The first-order valence-electron chi connectivity index (χ1n) is 6.61. The molecule has 3 aromatic rings. The lowest BCUT2D eigenvalue weighted by Gasteiger charge is -2.10. The van der Waals surface area contributed by atoms with Gasteiger partial charge in [0.05, 0.1) is 0 Å². The van der Waals surface area contributed by atoms with Crippen molar-refractivity contribution < 1.29 is 0 Å². The molecule has 0 fully saturated rings. The third-order valence-corrected chi connectivity index (χ3v) is 3.64. The van der Waals surface area contributed by atoms with Crippen molar-refractivity contribution in [3.63, 3.8) is 0 Å². The molecule has 2 aromatic carbocycles. The highest BCUT2D eigenvalue weighted by molar-refractivity contribution is 5.96. The van der Waals surface area contributed by atoms with Crippen molar-refractivity contribution in [3.8, 4) is 11.1 Å². The Hall–Kier alpha value is -2.39. The van der Waals surface area contributed by atoms with Crippen LogP contribution in [0.3, 0.4) is 0 Å². The van der Waals surface area contributed by atoms with Crippen LogP contribution >= 0.6 is 0 Å². The zero-order chi connectivity index (χ0) is 14.1. The van der Waals surface area contributed by atoms with Gasteiger partial charge in [-0.3, -0.25) is 4.79 Å². The quantitative estimate of drug-likeness (QED) is 0.747. The van der Waals surface area contributed by atoms with Gasteiger partial charge in [-0.25, -0.2) is 0 Å². The number of hydrogen-bond acceptors (Lipinski definition) is 2. The average Bonchev–Trinajstić information content (AvgIpc) is 2.48. The zero-order valence-electron chi connectivity index (χ0n) is 11.3. The summed E-state index contributed by atoms with van der Waals surface area (Å²) in [6.45, 7) is 2.50. The van der Waals surface area contributed by atoms with Crippen molar-refractivity contribution in [1.82, 2.24) is 4.98 Å². The molecule has 3 N–H and O–H groups in total. The molecule has 0 saturated carbocycles. The Balaban J connectivity index is 2.36. The second-order valence-electron chi connectivity index (χ2n) is 4.93. The molecule has 0 unspecified atom stereocenters. The molecule has 100 valence electrons. The Kier molecular flexibility index (Phi) is 3.12. The van der Waals surface area contributed by atoms with Crippen LogP contribution in [-0.2, 0) is 6.54 Å². The number of benzene rings is 2. The Morgan fingerprint density at radius 2 is 1.85 bits per heavy atom. The minimum Gasteiger partial charge on any atom is -0.328 e. The van der Waals surface area contributed by atoms with E-state index in [0.717, 1.165) is 22.1 Å². The van der Waals surface area contributed by atoms with Gasteiger partial charge in [0.2, 0.25) is 0 Å². The lowest BCUT2D eigenvalue weighted by Crippen LogP contribution is -2.07. The summed E-state index contributed by atoms with van der Waals surface area (Å²) in [5.74, 6) is 0. The van der Waals surface area contributed by atoms with Gasteiger partial charge in [-0.15, -0.1) is 0 Å². The summed E-state index contributed by atoms with van der Waals surface area (Å²) in [6.07, 6.45) is 1.79. The normalized spacial score (nSPS) is 10.9. The van der Waals surface area contributed by atoms with Crippen LogP contribution in [0.2, 0.25) is 0 Å². The van der Waals surface area contributed by atoms with Gasteiger partial charge in [0.1, 0.15) is 0 Å². The van der Waals surface area contributed by atoms with Crippen molar-refractivity contribution >= 4 is 10.8 Å². The maximum Gasteiger partial charge on any atom is 0.255 e. The molecule has 1 heterocycles. The molecule has 3 heteroatoms. The number of hydrogen-bond donors (Lipinski definition) is 2. The summed E-state index contributed by atoms with van der Waals surface area (Å²) < 4.78 is 0. The van der Waals surface area contributed by atoms with Gasteiger partial charge in [0, 0.05) is 23.7 Å². The molecule has 0 spiro atoms. The van der Waals surface area contributed by atoms with Crippen LogP contribution in [0.25, 0.3) is 21.9 Å². The van der Waals surface area contributed by atoms with Crippen LogP contribution < -0.4 is 11.3 Å². The lowest BCUT2D eigenvalue weighted by atomic mass is 9.96. The summed E-state index contributed by atoms with van der Waals surface area (Å²) >= 11 is 0. The molecule has 0 aliphatic heterocycles. The summed E-state index contributed by atoms with van der Waals surface area (Å²) in [5, 5.41) is 1.65. The van der Waals surface area contributed by atoms with Crippen molar-refractivity contribution in [1.29, 1.82) is 0 Å². The fourth-order valence-corrected chi connectivity index (χ4v) is 2.53. The second kappa shape index (κ2) is 4.94. The molecule has 0 amide bonds. The molecule has 3 nitrogen and oxygen atoms in total. The van der Waals surface area contributed by atoms with Gasteiger partial charge in [-0.1, -0.05) is 36.4 Å². The van der Waals surface area contributed by atoms with Crippen LogP contribution in [0.4, 0.5) is 0 Å². The van der Waals surface area contributed by atoms with E-state index in [1.54, 1.807) is 6.20 Å². The van der Waals surface area contributed by atoms with Crippen molar-refractivity contribution in [2.24, 2.45) is 5.73 Å². The van der Waals surface area contributed by atoms with Gasteiger partial charge in [0.25, 0.3) is 5.56 Å². The average molecular weight is 264 g/mol. The number of aromatic amines is 1. The summed E-state index contributed by atoms with van der Waals surface area (Å²) in [4.78, 5) is 14.8. The highest BCUT2D eigenvalue weighted by atomic mass is 16.1. The number of aromatic nitrogens is 1. The predicted molar refractivity (Wildman–Crippen MR) is 82.6 cm³/mol. The van der Waals surface area contributed by atoms with E-state index in [1.807, 2.05) is 30.3 Å². The van der Waals surface area contributed by atoms with E-state index >= 15 is 0 Å². The highest BCUT2D eigenvalue weighted by Crippen LogP contribution is 2.28. The summed E-state index contributed by atoms with van der Waals surface area (Å²) in [7, 11) is 0. The first-order chi connectivity index (χ1) is 9.70. The topological polar surface area (TPSA) is 58.9 Å². The van der Waals surface area contributed by atoms with E-state index < -0.39 is 0 Å². The molecular formula is C17H16N2O. The Morgan fingerprint density at radius 1 is 1.05 bits per heavy atom. The molecule has 0 radical (unpaired) electrons. The highest BCUT2D eigenvalue weighted by Gasteiger charge is 2.09. The number of nitrogens with two attached hydrogens (primary N) is 1. The van der Waals surface area contributed by atoms with E-state index in [0.29, 0.717) is 11.9 Å². The minimum atomic E-state index is -0.0763. The SMILES string of the molecule is Cc1ccccc1-c1c[nH]c(=O)c2cc(CN)ccc12. The zero-order valence-corrected chi connectivity index (χ0v) is 11.3. The molecule has 1 aromatic heterocycles. The Bertz CT molecular complexity index is 834. The Labute approximate surface area is 117 Å². The first kappa shape index (κ1) is 12.6. The molecule has 0 aliphatic rings. The fraction of sp³-hybridized carbons (Fsp3) is 0.118. The Morgan fingerprint density at radius 3 is 2.60 bits per heavy atom. The number of pyridine rings is 1. The molecule has 0 bridgehead atoms.